The first-order valence-corrected chi connectivity index (χ1v) is 8.55. The summed E-state index contributed by atoms with van der Waals surface area (Å²) < 4.78 is 4.36. The monoisotopic (exact) mass is 342 g/mol. The summed E-state index contributed by atoms with van der Waals surface area (Å²) in [6.45, 7) is 8.26. The summed E-state index contributed by atoms with van der Waals surface area (Å²) in [5.41, 5.74) is 4.96. The van der Waals surface area contributed by atoms with Gasteiger partial charge in [-0.2, -0.15) is 0 Å². The molecule has 0 radical (unpaired) electrons. The van der Waals surface area contributed by atoms with E-state index in [1.54, 1.807) is 0 Å². The Morgan fingerprint density at radius 3 is 2.62 bits per heavy atom. The molecule has 0 amide bonds. The highest BCUT2D eigenvalue weighted by Crippen LogP contribution is 2.22. The van der Waals surface area contributed by atoms with Crippen LogP contribution < -0.4 is 5.32 Å². The first-order chi connectivity index (χ1) is 11.5. The number of aromatic nitrogens is 3. The third-order valence-electron chi connectivity index (χ3n) is 4.31. The van der Waals surface area contributed by atoms with E-state index >= 15 is 0 Å². The van der Waals surface area contributed by atoms with Crippen molar-refractivity contribution in [2.24, 2.45) is 0 Å². The van der Waals surface area contributed by atoms with Gasteiger partial charge in [0.1, 0.15) is 0 Å². The molecule has 3 aromatic rings. The van der Waals surface area contributed by atoms with E-state index in [4.69, 9.17) is 11.6 Å². The lowest BCUT2D eigenvalue weighted by Gasteiger charge is -2.15. The second-order valence-electron chi connectivity index (χ2n) is 6.25. The fourth-order valence-electron chi connectivity index (χ4n) is 3.06. The molecular weight excluding hydrogens is 320 g/mol. The molecule has 0 saturated heterocycles. The maximum Gasteiger partial charge on any atom is 0.0946 e. The van der Waals surface area contributed by atoms with E-state index < -0.39 is 0 Å². The zero-order chi connectivity index (χ0) is 17.1. The topological polar surface area (TPSA) is 34.8 Å². The smallest absolute Gasteiger partial charge is 0.0946 e. The number of nitrogens with zero attached hydrogens (tertiary/aromatic N) is 3. The summed E-state index contributed by atoms with van der Waals surface area (Å²) in [7, 11) is 0. The minimum Gasteiger partial charge on any atom is -0.336 e. The fraction of sp³-hybridized carbons (Fsp3) is 0.316. The molecule has 24 heavy (non-hydrogen) atoms. The van der Waals surface area contributed by atoms with E-state index in [0.29, 0.717) is 6.04 Å². The van der Waals surface area contributed by atoms with Crippen molar-refractivity contribution in [1.29, 1.82) is 0 Å². The van der Waals surface area contributed by atoms with Gasteiger partial charge in [-0.25, -0.2) is 4.98 Å². The highest BCUT2D eigenvalue weighted by atomic mass is 35.5. The van der Waals surface area contributed by atoms with Crippen LogP contribution in [0, 0.1) is 13.8 Å². The molecular formula is C19H23ClN4. The molecule has 0 spiro atoms. The van der Waals surface area contributed by atoms with E-state index in [0.717, 1.165) is 23.8 Å². The van der Waals surface area contributed by atoms with Gasteiger partial charge in [-0.1, -0.05) is 11.6 Å². The van der Waals surface area contributed by atoms with Crippen LogP contribution in [0.2, 0.25) is 5.02 Å². The summed E-state index contributed by atoms with van der Waals surface area (Å²) in [6, 6.07) is 10.6. The van der Waals surface area contributed by atoms with E-state index in [2.05, 4.69) is 58.4 Å². The normalized spacial score (nSPS) is 12.5. The van der Waals surface area contributed by atoms with Crippen LogP contribution in [0.25, 0.3) is 5.69 Å². The zero-order valence-electron chi connectivity index (χ0n) is 14.3. The summed E-state index contributed by atoms with van der Waals surface area (Å²) in [4.78, 5) is 4.08. The van der Waals surface area contributed by atoms with Crippen LogP contribution in [0.4, 0.5) is 0 Å². The Hall–Kier alpha value is -2.04. The maximum absolute atomic E-state index is 6.00. The first kappa shape index (κ1) is 16.8. The molecule has 126 valence electrons. The minimum absolute atomic E-state index is 0.373. The van der Waals surface area contributed by atoms with Gasteiger partial charge < -0.3 is 14.5 Å². The van der Waals surface area contributed by atoms with Gasteiger partial charge in [0, 0.05) is 53.6 Å². The van der Waals surface area contributed by atoms with E-state index in [9.17, 15) is 0 Å². The Morgan fingerprint density at radius 1 is 1.21 bits per heavy atom. The SMILES string of the molecule is Cc1cc(CN[C@H](C)Cn2ccnc2)c(C)n1-c1ccc(Cl)cc1. The molecule has 1 atom stereocenters. The number of halogens is 1. The van der Waals surface area contributed by atoms with Crippen molar-refractivity contribution in [2.75, 3.05) is 0 Å². The highest BCUT2D eigenvalue weighted by Gasteiger charge is 2.11. The summed E-state index contributed by atoms with van der Waals surface area (Å²) in [6.07, 6.45) is 5.65. The molecule has 1 aromatic carbocycles. The largest absolute Gasteiger partial charge is 0.336 e. The van der Waals surface area contributed by atoms with Gasteiger partial charge >= 0.3 is 0 Å². The maximum atomic E-state index is 6.00. The zero-order valence-corrected chi connectivity index (χ0v) is 15.1. The van der Waals surface area contributed by atoms with Crippen molar-refractivity contribution in [3.05, 3.63) is 71.0 Å². The highest BCUT2D eigenvalue weighted by molar-refractivity contribution is 6.30. The number of hydrogen-bond acceptors (Lipinski definition) is 2. The van der Waals surface area contributed by atoms with Crippen molar-refractivity contribution >= 4 is 11.6 Å². The fourth-order valence-corrected chi connectivity index (χ4v) is 3.18. The third kappa shape index (κ3) is 3.71. The number of imidazole rings is 1. The molecule has 0 bridgehead atoms. The Morgan fingerprint density at radius 2 is 1.96 bits per heavy atom. The van der Waals surface area contributed by atoms with E-state index in [-0.39, 0.29) is 0 Å². The lowest BCUT2D eigenvalue weighted by molar-refractivity contribution is 0.475. The average molecular weight is 343 g/mol. The molecule has 0 aliphatic heterocycles. The number of nitrogens with one attached hydrogen (secondary N) is 1. The quantitative estimate of drug-likeness (QED) is 0.731. The van der Waals surface area contributed by atoms with Crippen molar-refractivity contribution < 1.29 is 0 Å². The predicted octanol–water partition coefficient (Wildman–Crippen LogP) is 4.12. The van der Waals surface area contributed by atoms with Gasteiger partial charge in [0.15, 0.2) is 0 Å². The summed E-state index contributed by atoms with van der Waals surface area (Å²) in [5.74, 6) is 0. The van der Waals surface area contributed by atoms with Gasteiger partial charge in [0.2, 0.25) is 0 Å². The first-order valence-electron chi connectivity index (χ1n) is 8.17. The van der Waals surface area contributed by atoms with Crippen molar-refractivity contribution in [3.63, 3.8) is 0 Å². The molecule has 0 fully saturated rings. The van der Waals surface area contributed by atoms with Gasteiger partial charge in [-0.05, 0) is 56.7 Å². The minimum atomic E-state index is 0.373. The van der Waals surface area contributed by atoms with Crippen molar-refractivity contribution in [1.82, 2.24) is 19.4 Å². The van der Waals surface area contributed by atoms with Crippen LogP contribution in [0.3, 0.4) is 0 Å². The van der Waals surface area contributed by atoms with E-state index in [1.807, 2.05) is 30.9 Å². The Labute approximate surface area is 148 Å². The summed E-state index contributed by atoms with van der Waals surface area (Å²) in [5, 5.41) is 4.36. The Balaban J connectivity index is 1.70. The number of hydrogen-bond donors (Lipinski definition) is 1. The molecule has 2 aromatic heterocycles. The molecule has 0 saturated carbocycles. The average Bonchev–Trinajstić information content (AvgIpc) is 3.15. The second kappa shape index (κ2) is 7.24. The molecule has 5 heteroatoms. The van der Waals surface area contributed by atoms with Crippen LogP contribution >= 0.6 is 11.6 Å². The van der Waals surface area contributed by atoms with Crippen LogP contribution in [-0.2, 0) is 13.1 Å². The van der Waals surface area contributed by atoms with Crippen LogP contribution in [-0.4, -0.2) is 20.2 Å². The van der Waals surface area contributed by atoms with Crippen LogP contribution in [0.5, 0.6) is 0 Å². The Kier molecular flexibility index (Phi) is 5.07. The number of benzene rings is 1. The van der Waals surface area contributed by atoms with E-state index in [1.165, 1.54) is 17.0 Å². The van der Waals surface area contributed by atoms with Crippen LogP contribution in [0.1, 0.15) is 23.9 Å². The lowest BCUT2D eigenvalue weighted by Crippen LogP contribution is -2.29. The van der Waals surface area contributed by atoms with Crippen molar-refractivity contribution in [2.45, 2.75) is 39.9 Å². The molecule has 2 heterocycles. The molecule has 3 rings (SSSR count). The molecule has 4 nitrogen and oxygen atoms in total. The molecule has 1 N–H and O–H groups in total. The van der Waals surface area contributed by atoms with Gasteiger partial charge in [-0.15, -0.1) is 0 Å². The van der Waals surface area contributed by atoms with Crippen molar-refractivity contribution in [3.8, 4) is 5.69 Å². The predicted molar refractivity (Wildman–Crippen MR) is 98.8 cm³/mol. The summed E-state index contributed by atoms with van der Waals surface area (Å²) >= 11 is 6.00. The number of rotatable bonds is 6. The van der Waals surface area contributed by atoms with Gasteiger partial charge in [0.25, 0.3) is 0 Å². The lowest BCUT2D eigenvalue weighted by atomic mass is 10.2. The van der Waals surface area contributed by atoms with Gasteiger partial charge in [0.05, 0.1) is 6.33 Å². The second-order valence-corrected chi connectivity index (χ2v) is 6.69. The van der Waals surface area contributed by atoms with Gasteiger partial charge in [-0.3, -0.25) is 0 Å². The molecule has 0 aliphatic carbocycles. The standard InChI is InChI=1S/C19H23ClN4/c1-14(12-23-9-8-21-13-23)22-11-17-10-15(2)24(16(17)3)19-6-4-18(20)5-7-19/h4-10,13-14,22H,11-12H2,1-3H3/t14-/m1/s1. The van der Waals surface area contributed by atoms with Crippen LogP contribution in [0.15, 0.2) is 49.1 Å². The molecule has 0 aliphatic rings. The molecule has 0 unspecified atom stereocenters. The number of aryl methyl sites for hydroxylation is 1. The third-order valence-corrected chi connectivity index (χ3v) is 4.56. The Bertz CT molecular complexity index is 788.